The Bertz CT molecular complexity index is 540. The van der Waals surface area contributed by atoms with Crippen molar-refractivity contribution < 1.29 is 17.9 Å². The third-order valence-electron chi connectivity index (χ3n) is 3.03. The summed E-state index contributed by atoms with van der Waals surface area (Å²) in [4.78, 5) is -0.312. The van der Waals surface area contributed by atoms with Crippen LogP contribution in [0.1, 0.15) is 25.3 Å². The van der Waals surface area contributed by atoms with E-state index in [1.807, 2.05) is 0 Å². The predicted octanol–water partition coefficient (Wildman–Crippen LogP) is 1.49. The van der Waals surface area contributed by atoms with Crippen LogP contribution in [0.15, 0.2) is 23.1 Å². The van der Waals surface area contributed by atoms with Crippen molar-refractivity contribution in [2.24, 2.45) is 0 Å². The number of hydrogen-bond donors (Lipinski definition) is 1. The molecule has 0 radical (unpaired) electrons. The smallest absolute Gasteiger partial charge is 0.246 e. The fourth-order valence-electron chi connectivity index (χ4n) is 1.97. The summed E-state index contributed by atoms with van der Waals surface area (Å²) in [5.74, 6) is -0.805. The van der Waals surface area contributed by atoms with Crippen molar-refractivity contribution in [3.63, 3.8) is 0 Å². The summed E-state index contributed by atoms with van der Waals surface area (Å²) in [5, 5.41) is 8.88. The van der Waals surface area contributed by atoms with Gasteiger partial charge in [-0.3, -0.25) is 0 Å². The summed E-state index contributed by atoms with van der Waals surface area (Å²) in [6.07, 6.45) is 1.67. The predicted molar refractivity (Wildman–Crippen MR) is 64.9 cm³/mol. The van der Waals surface area contributed by atoms with Gasteiger partial charge in [-0.2, -0.15) is 4.31 Å². The topological polar surface area (TPSA) is 57.6 Å². The molecule has 0 spiro atoms. The normalized spacial score (nSPS) is 16.2. The molecular formula is C12H16FNO3S. The lowest BCUT2D eigenvalue weighted by Crippen LogP contribution is -2.33. The lowest BCUT2D eigenvalue weighted by atomic mass is 10.2. The highest BCUT2D eigenvalue weighted by molar-refractivity contribution is 7.89. The van der Waals surface area contributed by atoms with Crippen LogP contribution in [0.2, 0.25) is 0 Å². The first-order valence-corrected chi connectivity index (χ1v) is 7.35. The average molecular weight is 273 g/mol. The maximum absolute atomic E-state index is 13.8. The Hall–Kier alpha value is -0.980. The maximum atomic E-state index is 13.8. The highest BCUT2D eigenvalue weighted by Crippen LogP contribution is 2.32. The Balaban J connectivity index is 2.40. The molecule has 2 rings (SSSR count). The molecule has 1 N–H and O–H groups in total. The fraction of sp³-hybridized carbons (Fsp3) is 0.500. The van der Waals surface area contributed by atoms with Crippen LogP contribution in [0.4, 0.5) is 4.39 Å². The van der Waals surface area contributed by atoms with Crippen molar-refractivity contribution in [2.75, 3.05) is 6.54 Å². The van der Waals surface area contributed by atoms with Crippen molar-refractivity contribution >= 4 is 10.0 Å². The van der Waals surface area contributed by atoms with Crippen molar-refractivity contribution in [3.05, 3.63) is 29.6 Å². The molecule has 4 nitrogen and oxygen atoms in total. The van der Waals surface area contributed by atoms with Gasteiger partial charge in [-0.25, -0.2) is 12.8 Å². The Morgan fingerprint density at radius 3 is 2.56 bits per heavy atom. The molecule has 0 amide bonds. The third kappa shape index (κ3) is 2.41. The summed E-state index contributed by atoms with van der Waals surface area (Å²) in [7, 11) is -3.77. The molecule has 0 bridgehead atoms. The molecule has 0 heterocycles. The van der Waals surface area contributed by atoms with Crippen LogP contribution in [-0.2, 0) is 16.6 Å². The van der Waals surface area contributed by atoms with E-state index in [1.165, 1.54) is 16.4 Å². The van der Waals surface area contributed by atoms with E-state index in [2.05, 4.69) is 0 Å². The first-order valence-electron chi connectivity index (χ1n) is 5.91. The van der Waals surface area contributed by atoms with Crippen LogP contribution in [0.25, 0.3) is 0 Å². The highest BCUT2D eigenvalue weighted by atomic mass is 32.2. The second-order valence-corrected chi connectivity index (χ2v) is 6.22. The zero-order valence-electron chi connectivity index (χ0n) is 10.1. The molecular weight excluding hydrogens is 257 g/mol. The van der Waals surface area contributed by atoms with Crippen LogP contribution in [0.5, 0.6) is 0 Å². The maximum Gasteiger partial charge on any atom is 0.246 e. The van der Waals surface area contributed by atoms with Crippen molar-refractivity contribution in [2.45, 2.75) is 37.3 Å². The van der Waals surface area contributed by atoms with Gasteiger partial charge in [0.05, 0.1) is 6.61 Å². The molecule has 1 aliphatic carbocycles. The lowest BCUT2D eigenvalue weighted by molar-refractivity contribution is 0.281. The third-order valence-corrected chi connectivity index (χ3v) is 5.09. The molecule has 100 valence electrons. The molecule has 18 heavy (non-hydrogen) atoms. The summed E-state index contributed by atoms with van der Waals surface area (Å²) < 4.78 is 39.7. The van der Waals surface area contributed by atoms with Gasteiger partial charge in [0.25, 0.3) is 0 Å². The first kappa shape index (κ1) is 13.5. The molecule has 1 aliphatic rings. The minimum atomic E-state index is -3.77. The fourth-order valence-corrected chi connectivity index (χ4v) is 3.71. The minimum absolute atomic E-state index is 0.0110. The van der Waals surface area contributed by atoms with E-state index >= 15 is 0 Å². The van der Waals surface area contributed by atoms with Crippen LogP contribution < -0.4 is 0 Å². The Kier molecular flexibility index (Phi) is 3.70. The Morgan fingerprint density at radius 1 is 1.44 bits per heavy atom. The highest BCUT2D eigenvalue weighted by Gasteiger charge is 2.38. The largest absolute Gasteiger partial charge is 0.392 e. The van der Waals surface area contributed by atoms with Crippen LogP contribution in [-0.4, -0.2) is 30.4 Å². The zero-order chi connectivity index (χ0) is 13.3. The molecule has 0 aliphatic heterocycles. The second-order valence-electron chi connectivity index (χ2n) is 4.36. The van der Waals surface area contributed by atoms with Gasteiger partial charge in [-0.15, -0.1) is 0 Å². The van der Waals surface area contributed by atoms with Gasteiger partial charge in [0, 0.05) is 12.6 Å². The van der Waals surface area contributed by atoms with E-state index in [1.54, 1.807) is 6.92 Å². The molecule has 1 saturated carbocycles. The SMILES string of the molecule is CCN(C1CC1)S(=O)(=O)c1ccc(CO)cc1F. The van der Waals surface area contributed by atoms with Gasteiger partial charge in [0.15, 0.2) is 0 Å². The van der Waals surface area contributed by atoms with Gasteiger partial charge < -0.3 is 5.11 Å². The van der Waals surface area contributed by atoms with E-state index in [0.717, 1.165) is 18.9 Å². The van der Waals surface area contributed by atoms with E-state index in [-0.39, 0.29) is 17.5 Å². The second kappa shape index (κ2) is 4.95. The lowest BCUT2D eigenvalue weighted by Gasteiger charge is -2.20. The van der Waals surface area contributed by atoms with Crippen molar-refractivity contribution in [1.29, 1.82) is 0 Å². The summed E-state index contributed by atoms with van der Waals surface area (Å²) in [6, 6.07) is 3.72. The number of nitrogens with zero attached hydrogens (tertiary/aromatic N) is 1. The molecule has 1 aromatic rings. The monoisotopic (exact) mass is 273 g/mol. The number of aliphatic hydroxyl groups is 1. The van der Waals surface area contributed by atoms with Crippen LogP contribution in [0, 0.1) is 5.82 Å². The van der Waals surface area contributed by atoms with Crippen LogP contribution in [0.3, 0.4) is 0 Å². The van der Waals surface area contributed by atoms with Gasteiger partial charge in [0.1, 0.15) is 10.7 Å². The molecule has 1 aromatic carbocycles. The molecule has 0 aromatic heterocycles. The van der Waals surface area contributed by atoms with Crippen LogP contribution >= 0.6 is 0 Å². The van der Waals surface area contributed by atoms with Gasteiger partial charge >= 0.3 is 0 Å². The number of hydrogen-bond acceptors (Lipinski definition) is 3. The van der Waals surface area contributed by atoms with Gasteiger partial charge in [0.2, 0.25) is 10.0 Å². The minimum Gasteiger partial charge on any atom is -0.392 e. The van der Waals surface area contributed by atoms with Crippen molar-refractivity contribution in [3.8, 4) is 0 Å². The van der Waals surface area contributed by atoms with E-state index < -0.39 is 15.8 Å². The number of rotatable bonds is 5. The molecule has 0 saturated heterocycles. The Morgan fingerprint density at radius 2 is 2.11 bits per heavy atom. The van der Waals surface area contributed by atoms with Gasteiger partial charge in [-0.05, 0) is 30.5 Å². The Labute approximate surface area is 106 Å². The number of aliphatic hydroxyl groups excluding tert-OH is 1. The van der Waals surface area contributed by atoms with Crippen molar-refractivity contribution in [1.82, 2.24) is 4.31 Å². The summed E-state index contributed by atoms with van der Waals surface area (Å²) >= 11 is 0. The molecule has 6 heteroatoms. The molecule has 0 unspecified atom stereocenters. The summed E-state index contributed by atoms with van der Waals surface area (Å²) in [5.41, 5.74) is 0.362. The quantitative estimate of drug-likeness (QED) is 0.884. The van der Waals surface area contributed by atoms with E-state index in [4.69, 9.17) is 5.11 Å². The average Bonchev–Trinajstić information content (AvgIpc) is 3.13. The van der Waals surface area contributed by atoms with E-state index in [0.29, 0.717) is 12.1 Å². The molecule has 0 atom stereocenters. The first-order chi connectivity index (χ1) is 8.50. The number of benzene rings is 1. The van der Waals surface area contributed by atoms with E-state index in [9.17, 15) is 12.8 Å². The van der Waals surface area contributed by atoms with Gasteiger partial charge in [-0.1, -0.05) is 13.0 Å². The summed E-state index contributed by atoms with van der Waals surface area (Å²) in [6.45, 7) is 1.78. The number of sulfonamides is 1. The number of halogens is 1. The zero-order valence-corrected chi connectivity index (χ0v) is 11.0. The standard InChI is InChI=1S/C12H16FNO3S/c1-2-14(10-4-5-10)18(16,17)12-6-3-9(8-15)7-11(12)13/h3,6-7,10,15H,2,4-5,8H2,1H3. The molecule has 1 fully saturated rings.